The van der Waals surface area contributed by atoms with E-state index in [1.54, 1.807) is 11.8 Å². The van der Waals surface area contributed by atoms with Crippen LogP contribution in [-0.2, 0) is 18.4 Å². The monoisotopic (exact) mass is 481 g/mol. The number of carbonyl (C=O) groups excluding carboxylic acids is 1. The maximum Gasteiger partial charge on any atom is 0.290 e. The van der Waals surface area contributed by atoms with Crippen LogP contribution in [0.2, 0.25) is 5.02 Å². The highest BCUT2D eigenvalue weighted by atomic mass is 35.5. The second kappa shape index (κ2) is 8.85. The molecule has 8 nitrogen and oxygen atoms in total. The summed E-state index contributed by atoms with van der Waals surface area (Å²) in [6.07, 6.45) is 1.41. The molecule has 1 spiro atoms. The fourth-order valence-electron chi connectivity index (χ4n) is 5.13. The van der Waals surface area contributed by atoms with Crippen LogP contribution in [0.1, 0.15) is 18.5 Å². The van der Waals surface area contributed by atoms with Gasteiger partial charge in [0.15, 0.2) is 0 Å². The summed E-state index contributed by atoms with van der Waals surface area (Å²) in [6.45, 7) is 2.52. The topological polar surface area (TPSA) is 71.7 Å². The van der Waals surface area contributed by atoms with Crippen molar-refractivity contribution in [2.24, 2.45) is 7.05 Å². The van der Waals surface area contributed by atoms with E-state index in [0.717, 1.165) is 35.9 Å². The van der Waals surface area contributed by atoms with Gasteiger partial charge < -0.3 is 15.0 Å². The molecule has 0 aliphatic carbocycles. The maximum absolute atomic E-state index is 13.0. The van der Waals surface area contributed by atoms with Crippen molar-refractivity contribution >= 4 is 23.2 Å². The van der Waals surface area contributed by atoms with Crippen LogP contribution < -0.4 is 20.5 Å². The summed E-state index contributed by atoms with van der Waals surface area (Å²) >= 11 is 6.52. The van der Waals surface area contributed by atoms with Crippen molar-refractivity contribution < 1.29 is 9.53 Å². The van der Waals surface area contributed by atoms with Gasteiger partial charge >= 0.3 is 0 Å². The number of methoxy groups -OCH3 is 1. The third kappa shape index (κ3) is 3.67. The molecular formula is C25H28ClN5O3. The fraction of sp³-hybridized carbons (Fsp3) is 0.360. The van der Waals surface area contributed by atoms with Crippen molar-refractivity contribution in [3.05, 3.63) is 75.7 Å². The molecule has 0 unspecified atom stereocenters. The van der Waals surface area contributed by atoms with Gasteiger partial charge in [-0.25, -0.2) is 4.68 Å². The second-order valence-corrected chi connectivity index (χ2v) is 9.21. The van der Waals surface area contributed by atoms with Crippen LogP contribution in [-0.4, -0.2) is 52.6 Å². The summed E-state index contributed by atoms with van der Waals surface area (Å²) < 4.78 is 8.61. The summed E-state index contributed by atoms with van der Waals surface area (Å²) in [6, 6.07) is 17.4. The van der Waals surface area contributed by atoms with Crippen molar-refractivity contribution in [2.45, 2.75) is 24.9 Å². The van der Waals surface area contributed by atoms with Crippen molar-refractivity contribution in [3.8, 4) is 11.4 Å². The summed E-state index contributed by atoms with van der Waals surface area (Å²) in [5.41, 5.74) is 1.75. The number of rotatable bonds is 5. The lowest BCUT2D eigenvalue weighted by Crippen LogP contribution is -2.56. The SMILES string of the molecule is COc1ccc(-n2c(=O)c(Cl)c(CN3CCC4(CC3)C(=O)NCN4c3ccccc3)n2C)cc1. The van der Waals surface area contributed by atoms with Crippen LogP contribution >= 0.6 is 11.6 Å². The minimum absolute atomic E-state index is 0.0899. The van der Waals surface area contributed by atoms with E-state index in [-0.39, 0.29) is 16.5 Å². The van der Waals surface area contributed by atoms with E-state index >= 15 is 0 Å². The predicted molar refractivity (Wildman–Crippen MR) is 132 cm³/mol. The Morgan fingerprint density at radius 3 is 2.32 bits per heavy atom. The summed E-state index contributed by atoms with van der Waals surface area (Å²) in [7, 11) is 3.45. The molecule has 2 saturated heterocycles. The van der Waals surface area contributed by atoms with Gasteiger partial charge in [0.1, 0.15) is 16.3 Å². The number of likely N-dealkylation sites (tertiary alicyclic amines) is 1. The van der Waals surface area contributed by atoms with E-state index in [0.29, 0.717) is 26.1 Å². The zero-order valence-corrected chi connectivity index (χ0v) is 20.1. The first-order valence-electron chi connectivity index (χ1n) is 11.4. The van der Waals surface area contributed by atoms with Gasteiger partial charge in [-0.15, -0.1) is 0 Å². The van der Waals surface area contributed by atoms with Crippen molar-refractivity contribution in [2.75, 3.05) is 31.8 Å². The Morgan fingerprint density at radius 2 is 1.68 bits per heavy atom. The molecule has 1 amide bonds. The average molecular weight is 482 g/mol. The number of amides is 1. The van der Waals surface area contributed by atoms with Crippen LogP contribution in [0.25, 0.3) is 5.69 Å². The smallest absolute Gasteiger partial charge is 0.290 e. The van der Waals surface area contributed by atoms with Crippen LogP contribution in [0.15, 0.2) is 59.4 Å². The first-order chi connectivity index (χ1) is 16.4. The van der Waals surface area contributed by atoms with Crippen LogP contribution in [0.3, 0.4) is 0 Å². The number of hydrogen-bond acceptors (Lipinski definition) is 5. The van der Waals surface area contributed by atoms with Gasteiger partial charge in [0.2, 0.25) is 5.91 Å². The first kappa shape index (κ1) is 22.6. The number of aromatic nitrogens is 2. The molecule has 3 aromatic rings. The molecule has 3 heterocycles. The Bertz CT molecular complexity index is 1240. The maximum atomic E-state index is 13.0. The van der Waals surface area contributed by atoms with Crippen molar-refractivity contribution in [1.82, 2.24) is 19.6 Å². The zero-order valence-electron chi connectivity index (χ0n) is 19.3. The van der Waals surface area contributed by atoms with E-state index in [1.165, 1.54) is 0 Å². The van der Waals surface area contributed by atoms with Crippen molar-refractivity contribution in [1.29, 1.82) is 0 Å². The number of hydrogen-bond donors (Lipinski definition) is 1. The molecule has 2 aliphatic heterocycles. The Hall–Kier alpha value is -3.23. The summed E-state index contributed by atoms with van der Waals surface area (Å²) in [5, 5.41) is 3.26. The van der Waals surface area contributed by atoms with E-state index < -0.39 is 5.54 Å². The largest absolute Gasteiger partial charge is 0.497 e. The molecule has 5 rings (SSSR count). The molecular weight excluding hydrogens is 454 g/mol. The minimum Gasteiger partial charge on any atom is -0.497 e. The van der Waals surface area contributed by atoms with E-state index in [1.807, 2.05) is 66.3 Å². The fourth-order valence-corrected chi connectivity index (χ4v) is 5.39. The lowest BCUT2D eigenvalue weighted by molar-refractivity contribution is -0.125. The van der Waals surface area contributed by atoms with E-state index in [2.05, 4.69) is 15.1 Å². The molecule has 178 valence electrons. The second-order valence-electron chi connectivity index (χ2n) is 8.83. The standard InChI is InChI=1S/C25H28ClN5O3/c1-28-21(22(26)23(32)31(28)19-8-10-20(34-2)11-9-19)16-29-14-12-25(13-15-29)24(33)27-17-30(25)18-6-4-3-5-7-18/h3-11H,12-17H2,1-2H3,(H,27,33). The predicted octanol–water partition coefficient (Wildman–Crippen LogP) is 2.77. The molecule has 1 N–H and O–H groups in total. The Kier molecular flexibility index (Phi) is 5.87. The van der Waals surface area contributed by atoms with Gasteiger partial charge in [-0.1, -0.05) is 29.8 Å². The van der Waals surface area contributed by atoms with Gasteiger partial charge in [-0.3, -0.25) is 19.2 Å². The molecule has 0 atom stereocenters. The molecule has 0 radical (unpaired) electrons. The van der Waals surface area contributed by atoms with Crippen molar-refractivity contribution in [3.63, 3.8) is 0 Å². The highest BCUT2D eigenvalue weighted by molar-refractivity contribution is 6.31. The molecule has 2 fully saturated rings. The van der Waals surface area contributed by atoms with Gasteiger partial charge in [0.05, 0.1) is 25.2 Å². The molecule has 1 aromatic heterocycles. The molecule has 34 heavy (non-hydrogen) atoms. The number of anilines is 1. The number of benzene rings is 2. The van der Waals surface area contributed by atoms with Gasteiger partial charge in [-0.2, -0.15) is 0 Å². The van der Waals surface area contributed by atoms with Gasteiger partial charge in [0.25, 0.3) is 5.56 Å². The third-order valence-electron chi connectivity index (χ3n) is 7.10. The lowest BCUT2D eigenvalue weighted by Gasteiger charge is -2.43. The molecule has 0 saturated carbocycles. The van der Waals surface area contributed by atoms with E-state index in [4.69, 9.17) is 16.3 Å². The quantitative estimate of drug-likeness (QED) is 0.606. The highest BCUT2D eigenvalue weighted by Crippen LogP contribution is 2.36. The van der Waals surface area contributed by atoms with Gasteiger partial charge in [-0.05, 0) is 49.2 Å². The van der Waals surface area contributed by atoms with Gasteiger partial charge in [0, 0.05) is 32.4 Å². The van der Waals surface area contributed by atoms with Crippen LogP contribution in [0.4, 0.5) is 5.69 Å². The average Bonchev–Trinajstić information content (AvgIpc) is 3.29. The highest BCUT2D eigenvalue weighted by Gasteiger charge is 2.50. The first-order valence-corrected chi connectivity index (χ1v) is 11.8. The number of ether oxygens (including phenoxy) is 1. The number of nitrogens with zero attached hydrogens (tertiary/aromatic N) is 4. The summed E-state index contributed by atoms with van der Waals surface area (Å²) in [4.78, 5) is 30.3. The Morgan fingerprint density at radius 1 is 1.00 bits per heavy atom. The number of para-hydroxylation sites is 1. The molecule has 2 aliphatic rings. The molecule has 9 heteroatoms. The number of piperidine rings is 1. The third-order valence-corrected chi connectivity index (χ3v) is 7.48. The zero-order chi connectivity index (χ0) is 23.9. The normalized spacial score (nSPS) is 17.9. The molecule has 2 aromatic carbocycles. The summed E-state index contributed by atoms with van der Waals surface area (Å²) in [5.74, 6) is 0.812. The van der Waals surface area contributed by atoms with Crippen LogP contribution in [0, 0.1) is 0 Å². The minimum atomic E-state index is -0.539. The number of nitrogens with one attached hydrogen (secondary N) is 1. The van der Waals surface area contributed by atoms with E-state index in [9.17, 15) is 9.59 Å². The Balaban J connectivity index is 1.35. The Labute approximate surface area is 203 Å². The van der Waals surface area contributed by atoms with Crippen LogP contribution in [0.5, 0.6) is 5.75 Å². The number of carbonyl (C=O) groups is 1. The lowest BCUT2D eigenvalue weighted by atomic mass is 9.85. The number of halogens is 1. The molecule has 0 bridgehead atoms.